The Bertz CT molecular complexity index is 1120. The van der Waals surface area contributed by atoms with Crippen molar-refractivity contribution in [3.63, 3.8) is 0 Å². The molecule has 0 fully saturated rings. The smallest absolute Gasteiger partial charge is 0.308 e. The van der Waals surface area contributed by atoms with Gasteiger partial charge in [-0.2, -0.15) is 0 Å². The summed E-state index contributed by atoms with van der Waals surface area (Å²) in [5, 5.41) is 0. The summed E-state index contributed by atoms with van der Waals surface area (Å²) in [6, 6.07) is 8.14. The maximum atomic E-state index is 12.2. The zero-order valence-electron chi connectivity index (χ0n) is 22.4. The number of hydrogen-bond donors (Lipinski definition) is 0. The molecule has 38 heavy (non-hydrogen) atoms. The number of carbonyl (C=O) groups excluding carboxylic acids is 3. The Hall–Kier alpha value is -3.95. The predicted octanol–water partition coefficient (Wildman–Crippen LogP) is 4.87. The van der Waals surface area contributed by atoms with Crippen LogP contribution in [0.5, 0.6) is 28.7 Å². The van der Waals surface area contributed by atoms with Crippen molar-refractivity contribution in [2.75, 3.05) is 27.4 Å². The van der Waals surface area contributed by atoms with Crippen LogP contribution in [0.3, 0.4) is 0 Å². The number of benzene rings is 2. The SMILES string of the molecule is COc1cc2cc(OC)c1OCCCCCCOc1ccc(cc1OC(C)=O)C(OC(C)=O)C2OC(C)=O. The van der Waals surface area contributed by atoms with E-state index in [4.69, 9.17) is 33.2 Å². The van der Waals surface area contributed by atoms with Crippen molar-refractivity contribution in [3.8, 4) is 28.7 Å². The van der Waals surface area contributed by atoms with Gasteiger partial charge in [-0.1, -0.05) is 6.07 Å². The monoisotopic (exact) mass is 530 g/mol. The maximum absolute atomic E-state index is 12.2. The van der Waals surface area contributed by atoms with Crippen LogP contribution < -0.4 is 23.7 Å². The van der Waals surface area contributed by atoms with Gasteiger partial charge in [-0.05, 0) is 49.9 Å². The van der Waals surface area contributed by atoms with E-state index in [0.717, 1.165) is 25.7 Å². The summed E-state index contributed by atoms with van der Waals surface area (Å²) in [6.45, 7) is 4.64. The van der Waals surface area contributed by atoms with Gasteiger partial charge in [0.15, 0.2) is 35.2 Å². The van der Waals surface area contributed by atoms with Gasteiger partial charge in [-0.15, -0.1) is 0 Å². The first-order chi connectivity index (χ1) is 18.2. The third kappa shape index (κ3) is 7.53. The summed E-state index contributed by atoms with van der Waals surface area (Å²) in [5.74, 6) is -0.0853. The number of methoxy groups -OCH3 is 2. The van der Waals surface area contributed by atoms with E-state index in [-0.39, 0.29) is 5.75 Å². The number of carbonyl (C=O) groups is 3. The molecular formula is C28H34O10. The summed E-state index contributed by atoms with van der Waals surface area (Å²) in [6.07, 6.45) is 1.19. The average molecular weight is 531 g/mol. The molecule has 4 bridgehead atoms. The molecule has 0 N–H and O–H groups in total. The highest BCUT2D eigenvalue weighted by Gasteiger charge is 2.33. The molecule has 10 nitrogen and oxygen atoms in total. The minimum absolute atomic E-state index is 0.161. The highest BCUT2D eigenvalue weighted by molar-refractivity contribution is 5.71. The molecule has 0 radical (unpaired) electrons. The van der Waals surface area contributed by atoms with E-state index in [2.05, 4.69) is 0 Å². The van der Waals surface area contributed by atoms with E-state index in [1.807, 2.05) is 0 Å². The summed E-state index contributed by atoms with van der Waals surface area (Å²) < 4.78 is 39.9. The van der Waals surface area contributed by atoms with Gasteiger partial charge in [0.1, 0.15) is 0 Å². The molecule has 2 aromatic carbocycles. The van der Waals surface area contributed by atoms with Crippen molar-refractivity contribution in [1.82, 2.24) is 0 Å². The normalized spacial score (nSPS) is 17.7. The molecule has 4 heterocycles. The van der Waals surface area contributed by atoms with Crippen molar-refractivity contribution < 1.29 is 47.5 Å². The van der Waals surface area contributed by atoms with Gasteiger partial charge in [0, 0.05) is 31.9 Å². The van der Waals surface area contributed by atoms with Gasteiger partial charge < -0.3 is 33.2 Å². The van der Waals surface area contributed by atoms with Gasteiger partial charge in [-0.25, -0.2) is 0 Å². The van der Waals surface area contributed by atoms with Crippen LogP contribution >= 0.6 is 0 Å². The second-order valence-corrected chi connectivity index (χ2v) is 8.73. The zero-order valence-corrected chi connectivity index (χ0v) is 22.4. The first-order valence-corrected chi connectivity index (χ1v) is 12.4. The predicted molar refractivity (Wildman–Crippen MR) is 136 cm³/mol. The molecule has 4 aliphatic rings. The number of hydrogen-bond acceptors (Lipinski definition) is 10. The molecule has 0 amide bonds. The summed E-state index contributed by atoms with van der Waals surface area (Å²) in [7, 11) is 2.98. The van der Waals surface area contributed by atoms with Crippen LogP contribution in [0.2, 0.25) is 0 Å². The molecule has 2 unspecified atom stereocenters. The van der Waals surface area contributed by atoms with Gasteiger partial charge >= 0.3 is 17.9 Å². The van der Waals surface area contributed by atoms with Crippen molar-refractivity contribution in [1.29, 1.82) is 0 Å². The first kappa shape index (κ1) is 28.6. The van der Waals surface area contributed by atoms with Crippen molar-refractivity contribution >= 4 is 17.9 Å². The van der Waals surface area contributed by atoms with Crippen LogP contribution in [0.25, 0.3) is 0 Å². The summed E-state index contributed by atoms with van der Waals surface area (Å²) in [4.78, 5) is 36.3. The molecule has 2 atom stereocenters. The van der Waals surface area contributed by atoms with E-state index < -0.39 is 30.1 Å². The molecule has 10 heteroatoms. The molecular weight excluding hydrogens is 496 g/mol. The van der Waals surface area contributed by atoms with E-state index in [1.165, 1.54) is 41.1 Å². The lowest BCUT2D eigenvalue weighted by Crippen LogP contribution is -2.22. The zero-order chi connectivity index (χ0) is 27.7. The molecule has 0 aromatic heterocycles. The van der Waals surface area contributed by atoms with Crippen LogP contribution in [0.4, 0.5) is 0 Å². The second-order valence-electron chi connectivity index (χ2n) is 8.73. The minimum Gasteiger partial charge on any atom is -0.493 e. The lowest BCUT2D eigenvalue weighted by atomic mass is 9.96. The maximum Gasteiger partial charge on any atom is 0.308 e. The quantitative estimate of drug-likeness (QED) is 0.392. The fourth-order valence-electron chi connectivity index (χ4n) is 4.14. The third-order valence-corrected chi connectivity index (χ3v) is 5.76. The van der Waals surface area contributed by atoms with Gasteiger partial charge in [0.2, 0.25) is 5.75 Å². The second kappa shape index (κ2) is 13.6. The fourth-order valence-corrected chi connectivity index (χ4v) is 4.14. The molecule has 0 saturated heterocycles. The van der Waals surface area contributed by atoms with Crippen LogP contribution in [0.1, 0.15) is 69.8 Å². The Morgan fingerprint density at radius 1 is 0.684 bits per heavy atom. The van der Waals surface area contributed by atoms with E-state index >= 15 is 0 Å². The Morgan fingerprint density at radius 2 is 1.21 bits per heavy atom. The molecule has 4 aliphatic heterocycles. The van der Waals surface area contributed by atoms with Crippen LogP contribution in [0, 0.1) is 0 Å². The van der Waals surface area contributed by atoms with Crippen molar-refractivity contribution in [3.05, 3.63) is 41.5 Å². The van der Waals surface area contributed by atoms with E-state index in [9.17, 15) is 14.4 Å². The molecule has 0 aliphatic carbocycles. The van der Waals surface area contributed by atoms with Crippen LogP contribution in [0.15, 0.2) is 30.3 Å². The topological polar surface area (TPSA) is 116 Å². The summed E-state index contributed by atoms with van der Waals surface area (Å²) in [5.41, 5.74) is 0.845. The number of ether oxygens (including phenoxy) is 7. The Labute approximate surface area is 222 Å². The Morgan fingerprint density at radius 3 is 1.74 bits per heavy atom. The van der Waals surface area contributed by atoms with E-state index in [0.29, 0.717) is 47.3 Å². The third-order valence-electron chi connectivity index (χ3n) is 5.76. The molecule has 0 saturated carbocycles. The minimum atomic E-state index is -1.11. The standard InChI is InChI=1S/C28H34O10/c1-17(29)36-23-14-20-10-11-22(23)34-12-8-6-7-9-13-35-28-24(32-4)15-21(16-25(28)33-5)27(38-19(3)31)26(20)37-18(2)30/h10-11,14-16,26-27H,6-9,12-13H2,1-5H3. The van der Waals surface area contributed by atoms with Gasteiger partial charge in [0.25, 0.3) is 0 Å². The summed E-state index contributed by atoms with van der Waals surface area (Å²) >= 11 is 0. The highest BCUT2D eigenvalue weighted by atomic mass is 16.6. The Balaban J connectivity index is 2.23. The average Bonchev–Trinajstić information content (AvgIpc) is 2.87. The van der Waals surface area contributed by atoms with Crippen LogP contribution in [-0.4, -0.2) is 45.3 Å². The Kier molecular flexibility index (Phi) is 10.2. The lowest BCUT2D eigenvalue weighted by Gasteiger charge is -2.28. The molecule has 0 spiro atoms. The van der Waals surface area contributed by atoms with Crippen LogP contribution in [-0.2, 0) is 23.9 Å². The largest absolute Gasteiger partial charge is 0.493 e. The first-order valence-electron chi connectivity index (χ1n) is 12.4. The number of rotatable bonds is 5. The van der Waals surface area contributed by atoms with Crippen molar-refractivity contribution in [2.45, 2.75) is 58.7 Å². The number of esters is 3. The highest BCUT2D eigenvalue weighted by Crippen LogP contribution is 2.45. The van der Waals surface area contributed by atoms with Gasteiger partial charge in [-0.3, -0.25) is 14.4 Å². The fraction of sp³-hybridized carbons (Fsp3) is 0.464. The molecule has 6 rings (SSSR count). The van der Waals surface area contributed by atoms with E-state index in [1.54, 1.807) is 24.3 Å². The van der Waals surface area contributed by atoms with Crippen molar-refractivity contribution in [2.24, 2.45) is 0 Å². The molecule has 2 aromatic rings. The molecule has 206 valence electrons. The lowest BCUT2D eigenvalue weighted by molar-refractivity contribution is -0.166. The van der Waals surface area contributed by atoms with Gasteiger partial charge in [0.05, 0.1) is 27.4 Å².